The van der Waals surface area contributed by atoms with Gasteiger partial charge in [-0.05, 0) is 49.1 Å². The number of rotatable bonds is 5. The third-order valence-electron chi connectivity index (χ3n) is 4.84. The summed E-state index contributed by atoms with van der Waals surface area (Å²) in [7, 11) is 0. The normalized spacial score (nSPS) is 17.6. The van der Waals surface area contributed by atoms with Crippen molar-refractivity contribution in [3.05, 3.63) is 32.8 Å². The van der Waals surface area contributed by atoms with Gasteiger partial charge in [-0.1, -0.05) is 24.8 Å². The van der Waals surface area contributed by atoms with Crippen LogP contribution in [0.25, 0.3) is 10.2 Å². The van der Waals surface area contributed by atoms with E-state index in [9.17, 15) is 4.79 Å². The number of aryl methyl sites for hydroxylation is 1. The Bertz CT molecular complexity index is 967. The van der Waals surface area contributed by atoms with Crippen molar-refractivity contribution in [2.24, 2.45) is 5.92 Å². The van der Waals surface area contributed by atoms with Gasteiger partial charge in [0.25, 0.3) is 0 Å². The molecule has 3 heterocycles. The van der Waals surface area contributed by atoms with Gasteiger partial charge in [-0.25, -0.2) is 9.97 Å². The molecule has 3 aromatic heterocycles. The molecule has 1 aliphatic carbocycles. The number of aromatic nitrogens is 2. The Balaban J connectivity index is 1.45. The summed E-state index contributed by atoms with van der Waals surface area (Å²) in [5, 5.41) is 6.63. The number of nitrogens with two attached hydrogens (primary N) is 1. The topological polar surface area (TPSA) is 80.9 Å². The quantitative estimate of drug-likeness (QED) is 0.473. The number of thioether (sulfide) groups is 1. The molecule has 3 aromatic rings. The highest BCUT2D eigenvalue weighted by atomic mass is 32.2. The second-order valence-corrected chi connectivity index (χ2v) is 10.0. The Labute approximate surface area is 170 Å². The lowest BCUT2D eigenvalue weighted by atomic mass is 9.89. The zero-order valence-corrected chi connectivity index (χ0v) is 17.8. The molecule has 2 unspecified atom stereocenters. The summed E-state index contributed by atoms with van der Waals surface area (Å²) in [5.41, 5.74) is 7.59. The number of nitrogens with one attached hydrogen (secondary N) is 1. The number of carbonyl (C=O) groups excluding carboxylic acids is 1. The number of hydrogen-bond acceptors (Lipinski definition) is 7. The summed E-state index contributed by atoms with van der Waals surface area (Å²) in [6.07, 6.45) is 3.35. The number of carbonyl (C=O) groups is 1. The van der Waals surface area contributed by atoms with Gasteiger partial charge >= 0.3 is 0 Å². The van der Waals surface area contributed by atoms with Gasteiger partial charge in [0.1, 0.15) is 10.6 Å². The van der Waals surface area contributed by atoms with Crippen molar-refractivity contribution >= 4 is 56.4 Å². The van der Waals surface area contributed by atoms with Crippen molar-refractivity contribution in [3.8, 4) is 0 Å². The fourth-order valence-corrected chi connectivity index (χ4v) is 6.28. The summed E-state index contributed by atoms with van der Waals surface area (Å²) in [6.45, 7) is 4.28. The third-order valence-corrected chi connectivity index (χ3v) is 7.89. The lowest BCUT2D eigenvalue weighted by molar-refractivity contribution is -0.119. The fourth-order valence-electron chi connectivity index (χ4n) is 3.44. The largest absolute Gasteiger partial charge is 0.383 e. The molecule has 4 rings (SSSR count). The van der Waals surface area contributed by atoms with Gasteiger partial charge in [0, 0.05) is 9.75 Å². The van der Waals surface area contributed by atoms with Gasteiger partial charge in [-0.3, -0.25) is 4.79 Å². The van der Waals surface area contributed by atoms with E-state index < -0.39 is 0 Å². The zero-order chi connectivity index (χ0) is 19.0. The van der Waals surface area contributed by atoms with Crippen LogP contribution in [0, 0.1) is 5.92 Å². The minimum absolute atomic E-state index is 0.0116. The molecule has 0 fully saturated rings. The van der Waals surface area contributed by atoms with Crippen LogP contribution in [0.5, 0.6) is 0 Å². The highest BCUT2D eigenvalue weighted by molar-refractivity contribution is 7.99. The number of fused-ring (bicyclic) bond motifs is 3. The second-order valence-electron chi connectivity index (χ2n) is 7.02. The number of anilines is 1. The average Bonchev–Trinajstić information content (AvgIpc) is 3.27. The van der Waals surface area contributed by atoms with Gasteiger partial charge in [-0.15, -0.1) is 22.7 Å². The van der Waals surface area contributed by atoms with Crippen LogP contribution < -0.4 is 11.1 Å². The zero-order valence-electron chi connectivity index (χ0n) is 15.3. The molecule has 27 heavy (non-hydrogen) atoms. The summed E-state index contributed by atoms with van der Waals surface area (Å²) >= 11 is 4.71. The molecule has 3 N–H and O–H groups in total. The summed E-state index contributed by atoms with van der Waals surface area (Å²) in [4.78, 5) is 24.9. The van der Waals surface area contributed by atoms with E-state index in [1.165, 1.54) is 28.6 Å². The van der Waals surface area contributed by atoms with E-state index in [-0.39, 0.29) is 17.7 Å². The Morgan fingerprint density at radius 1 is 1.48 bits per heavy atom. The lowest BCUT2D eigenvalue weighted by Gasteiger charge is -2.17. The predicted octanol–water partition coefficient (Wildman–Crippen LogP) is 4.43. The van der Waals surface area contributed by atoms with Crippen LogP contribution >= 0.6 is 34.4 Å². The maximum atomic E-state index is 12.3. The van der Waals surface area contributed by atoms with Crippen molar-refractivity contribution in [2.45, 2.75) is 44.3 Å². The van der Waals surface area contributed by atoms with Gasteiger partial charge in [-0.2, -0.15) is 0 Å². The molecule has 2 atom stereocenters. The van der Waals surface area contributed by atoms with E-state index in [0.29, 0.717) is 16.9 Å². The van der Waals surface area contributed by atoms with Crippen LogP contribution in [0.15, 0.2) is 22.7 Å². The minimum Gasteiger partial charge on any atom is -0.383 e. The highest BCUT2D eigenvalue weighted by Crippen LogP contribution is 2.39. The molecule has 1 aliphatic rings. The van der Waals surface area contributed by atoms with Crippen molar-refractivity contribution in [1.82, 2.24) is 15.3 Å². The number of nitrogen functional groups attached to an aromatic ring is 1. The van der Waals surface area contributed by atoms with E-state index in [1.807, 2.05) is 24.4 Å². The number of nitrogens with zero attached hydrogens (tertiary/aromatic N) is 2. The Morgan fingerprint density at radius 3 is 3.11 bits per heavy atom. The molecular weight excluding hydrogens is 396 g/mol. The first kappa shape index (κ1) is 18.7. The molecule has 0 saturated heterocycles. The van der Waals surface area contributed by atoms with Crippen LogP contribution in [0.4, 0.5) is 5.82 Å². The molecule has 0 saturated carbocycles. The SMILES string of the molecule is CC1CCc2c(sc3nc(SCC(=O)NC(C)c4cccs4)nc(N)c23)C1. The van der Waals surface area contributed by atoms with Crippen molar-refractivity contribution in [3.63, 3.8) is 0 Å². The molecule has 0 aromatic carbocycles. The third kappa shape index (κ3) is 3.97. The second kappa shape index (κ2) is 7.77. The Hall–Kier alpha value is -1.64. The first-order chi connectivity index (χ1) is 13.0. The number of thiophene rings is 2. The minimum atomic E-state index is -0.0255. The first-order valence-corrected chi connectivity index (χ1v) is 11.7. The van der Waals surface area contributed by atoms with E-state index >= 15 is 0 Å². The Kier molecular flexibility index (Phi) is 5.39. The van der Waals surface area contributed by atoms with E-state index in [2.05, 4.69) is 22.2 Å². The maximum Gasteiger partial charge on any atom is 0.230 e. The summed E-state index contributed by atoms with van der Waals surface area (Å²) in [6, 6.07) is 4.03. The maximum absolute atomic E-state index is 12.3. The molecule has 0 radical (unpaired) electrons. The number of amides is 1. The van der Waals surface area contributed by atoms with Crippen LogP contribution in [0.2, 0.25) is 0 Å². The van der Waals surface area contributed by atoms with Crippen LogP contribution in [-0.4, -0.2) is 21.6 Å². The van der Waals surface area contributed by atoms with Crippen LogP contribution in [-0.2, 0) is 17.6 Å². The predicted molar refractivity (Wildman–Crippen MR) is 115 cm³/mol. The molecular formula is C19H22N4OS3. The molecule has 8 heteroatoms. The molecule has 5 nitrogen and oxygen atoms in total. The van der Waals surface area contributed by atoms with Gasteiger partial charge in [0.05, 0.1) is 17.2 Å². The Morgan fingerprint density at radius 2 is 2.33 bits per heavy atom. The fraction of sp³-hybridized carbons (Fsp3) is 0.421. The van der Waals surface area contributed by atoms with Crippen LogP contribution in [0.1, 0.15) is 41.6 Å². The monoisotopic (exact) mass is 418 g/mol. The smallest absolute Gasteiger partial charge is 0.230 e. The average molecular weight is 419 g/mol. The van der Waals surface area contributed by atoms with E-state index in [0.717, 1.165) is 27.9 Å². The van der Waals surface area contributed by atoms with Gasteiger partial charge in [0.15, 0.2) is 5.16 Å². The molecule has 0 bridgehead atoms. The van der Waals surface area contributed by atoms with Gasteiger partial charge < -0.3 is 11.1 Å². The summed E-state index contributed by atoms with van der Waals surface area (Å²) < 4.78 is 0. The van der Waals surface area contributed by atoms with Crippen molar-refractivity contribution in [1.29, 1.82) is 0 Å². The standard InChI is InChI=1S/C19H22N4OS3/c1-10-5-6-12-14(8-10)27-18-16(12)17(20)22-19(23-18)26-9-15(24)21-11(2)13-4-3-7-25-13/h3-4,7,10-11H,5-6,8-9H2,1-2H3,(H,21,24)(H2,20,22,23). The molecule has 0 spiro atoms. The van der Waals surface area contributed by atoms with E-state index in [4.69, 9.17) is 5.73 Å². The van der Waals surface area contributed by atoms with Crippen molar-refractivity contribution in [2.75, 3.05) is 11.5 Å². The molecule has 1 amide bonds. The van der Waals surface area contributed by atoms with E-state index in [1.54, 1.807) is 22.7 Å². The highest BCUT2D eigenvalue weighted by Gasteiger charge is 2.23. The first-order valence-electron chi connectivity index (χ1n) is 9.04. The molecule has 142 valence electrons. The van der Waals surface area contributed by atoms with Crippen LogP contribution in [0.3, 0.4) is 0 Å². The summed E-state index contributed by atoms with van der Waals surface area (Å²) in [5.74, 6) is 1.51. The van der Waals surface area contributed by atoms with Gasteiger partial charge in [0.2, 0.25) is 5.91 Å². The molecule has 0 aliphatic heterocycles. The lowest BCUT2D eigenvalue weighted by Crippen LogP contribution is -2.27. The number of hydrogen-bond donors (Lipinski definition) is 2. The van der Waals surface area contributed by atoms with Crippen molar-refractivity contribution < 1.29 is 4.79 Å².